The number of piperidine rings is 1. The smallest absolute Gasteiger partial charge is 0.225 e. The maximum absolute atomic E-state index is 12.7. The molecule has 1 amide bonds. The van der Waals surface area contributed by atoms with Gasteiger partial charge in [-0.25, -0.2) is 0 Å². The van der Waals surface area contributed by atoms with E-state index in [-0.39, 0.29) is 5.92 Å². The number of rotatable bonds is 3. The molecular formula is C19H29N3O. The van der Waals surface area contributed by atoms with Crippen LogP contribution in [0.3, 0.4) is 0 Å². The average Bonchev–Trinajstić information content (AvgIpc) is 2.55. The number of nitrogens with one attached hydrogen (secondary N) is 1. The van der Waals surface area contributed by atoms with Crippen molar-refractivity contribution in [1.29, 1.82) is 0 Å². The first-order valence-electron chi connectivity index (χ1n) is 8.92. The molecule has 0 spiro atoms. The predicted molar refractivity (Wildman–Crippen MR) is 93.2 cm³/mol. The molecule has 0 unspecified atom stereocenters. The standard InChI is InChI=1S/C19H29N3O/c1-15-4-3-5-17(12-15)14-21-8-10-22(11-9-21)19(23)18-6-7-20-16(2)13-18/h3-5,12,16,18,20H,6-11,13-14H2,1-2H3/t16-,18-/m0/s1. The molecular weight excluding hydrogens is 286 g/mol. The molecule has 0 aliphatic carbocycles. The molecule has 126 valence electrons. The van der Waals surface area contributed by atoms with Gasteiger partial charge < -0.3 is 10.2 Å². The maximum atomic E-state index is 12.7. The zero-order chi connectivity index (χ0) is 16.2. The van der Waals surface area contributed by atoms with E-state index in [1.807, 2.05) is 0 Å². The molecule has 0 saturated carbocycles. The number of hydrogen-bond acceptors (Lipinski definition) is 3. The average molecular weight is 315 g/mol. The van der Waals surface area contributed by atoms with Crippen molar-refractivity contribution in [3.05, 3.63) is 35.4 Å². The lowest BCUT2D eigenvalue weighted by molar-refractivity contribution is -0.138. The molecule has 1 aromatic rings. The zero-order valence-electron chi connectivity index (χ0n) is 14.4. The Morgan fingerprint density at radius 1 is 1.26 bits per heavy atom. The van der Waals surface area contributed by atoms with Gasteiger partial charge in [0.1, 0.15) is 0 Å². The van der Waals surface area contributed by atoms with E-state index in [2.05, 4.69) is 53.2 Å². The zero-order valence-corrected chi connectivity index (χ0v) is 14.4. The third kappa shape index (κ3) is 4.33. The lowest BCUT2D eigenvalue weighted by atomic mass is 9.92. The van der Waals surface area contributed by atoms with Gasteiger partial charge in [-0.1, -0.05) is 29.8 Å². The normalized spacial score (nSPS) is 26.3. The Bertz CT molecular complexity index is 537. The van der Waals surface area contributed by atoms with Crippen molar-refractivity contribution < 1.29 is 4.79 Å². The minimum absolute atomic E-state index is 0.231. The monoisotopic (exact) mass is 315 g/mol. The second-order valence-electron chi connectivity index (χ2n) is 7.17. The van der Waals surface area contributed by atoms with Crippen LogP contribution in [0.1, 0.15) is 30.9 Å². The molecule has 2 heterocycles. The highest BCUT2D eigenvalue weighted by molar-refractivity contribution is 5.79. The van der Waals surface area contributed by atoms with Crippen molar-refractivity contribution in [2.45, 2.75) is 39.3 Å². The van der Waals surface area contributed by atoms with Crippen LogP contribution in [0.15, 0.2) is 24.3 Å². The van der Waals surface area contributed by atoms with Crippen LogP contribution in [0.2, 0.25) is 0 Å². The van der Waals surface area contributed by atoms with Crippen molar-refractivity contribution in [2.75, 3.05) is 32.7 Å². The van der Waals surface area contributed by atoms with Gasteiger partial charge in [0.05, 0.1) is 0 Å². The van der Waals surface area contributed by atoms with Crippen molar-refractivity contribution >= 4 is 5.91 Å². The third-order valence-electron chi connectivity index (χ3n) is 5.15. The quantitative estimate of drug-likeness (QED) is 0.927. The second kappa shape index (κ2) is 7.45. The number of carbonyl (C=O) groups is 1. The van der Waals surface area contributed by atoms with Gasteiger partial charge in [-0.3, -0.25) is 9.69 Å². The number of amides is 1. The Labute approximate surface area is 139 Å². The molecule has 2 atom stereocenters. The summed E-state index contributed by atoms with van der Waals surface area (Å²) in [7, 11) is 0. The highest BCUT2D eigenvalue weighted by Gasteiger charge is 2.30. The van der Waals surface area contributed by atoms with E-state index < -0.39 is 0 Å². The highest BCUT2D eigenvalue weighted by Crippen LogP contribution is 2.20. The molecule has 4 nitrogen and oxygen atoms in total. The lowest BCUT2D eigenvalue weighted by Gasteiger charge is -2.38. The van der Waals surface area contributed by atoms with Crippen LogP contribution < -0.4 is 5.32 Å². The van der Waals surface area contributed by atoms with Gasteiger partial charge in [0.15, 0.2) is 0 Å². The molecule has 2 fully saturated rings. The summed E-state index contributed by atoms with van der Waals surface area (Å²) < 4.78 is 0. The lowest BCUT2D eigenvalue weighted by Crippen LogP contribution is -2.51. The third-order valence-corrected chi connectivity index (χ3v) is 5.15. The molecule has 1 aromatic carbocycles. The van der Waals surface area contributed by atoms with Gasteiger partial charge in [-0.2, -0.15) is 0 Å². The van der Waals surface area contributed by atoms with E-state index in [1.165, 1.54) is 11.1 Å². The molecule has 0 radical (unpaired) electrons. The summed E-state index contributed by atoms with van der Waals surface area (Å²) in [5.74, 6) is 0.614. The Morgan fingerprint density at radius 2 is 2.04 bits per heavy atom. The molecule has 4 heteroatoms. The number of benzene rings is 1. The SMILES string of the molecule is Cc1cccc(CN2CCN(C(=O)[C@H]3CCN[C@@H](C)C3)CC2)c1. The van der Waals surface area contributed by atoms with Crippen LogP contribution in [0.4, 0.5) is 0 Å². The predicted octanol–water partition coefficient (Wildman–Crippen LogP) is 2.03. The molecule has 1 N–H and O–H groups in total. The first-order valence-corrected chi connectivity index (χ1v) is 8.92. The molecule has 2 aliphatic heterocycles. The van der Waals surface area contributed by atoms with E-state index >= 15 is 0 Å². The van der Waals surface area contributed by atoms with Crippen LogP contribution in [-0.4, -0.2) is 54.5 Å². The summed E-state index contributed by atoms with van der Waals surface area (Å²) >= 11 is 0. The maximum Gasteiger partial charge on any atom is 0.225 e. The van der Waals surface area contributed by atoms with Crippen molar-refractivity contribution in [1.82, 2.24) is 15.1 Å². The fourth-order valence-corrected chi connectivity index (χ4v) is 3.81. The molecule has 23 heavy (non-hydrogen) atoms. The van der Waals surface area contributed by atoms with E-state index in [1.54, 1.807) is 0 Å². The Morgan fingerprint density at radius 3 is 2.74 bits per heavy atom. The minimum Gasteiger partial charge on any atom is -0.340 e. The van der Waals surface area contributed by atoms with Crippen LogP contribution in [-0.2, 0) is 11.3 Å². The second-order valence-corrected chi connectivity index (χ2v) is 7.17. The van der Waals surface area contributed by atoms with Crippen LogP contribution in [0.5, 0.6) is 0 Å². The first kappa shape index (κ1) is 16.5. The van der Waals surface area contributed by atoms with E-state index in [4.69, 9.17) is 0 Å². The van der Waals surface area contributed by atoms with Gasteiger partial charge in [0.25, 0.3) is 0 Å². The molecule has 2 saturated heterocycles. The first-order chi connectivity index (χ1) is 11.1. The number of aryl methyl sites for hydroxylation is 1. The van der Waals surface area contributed by atoms with Crippen molar-refractivity contribution in [2.24, 2.45) is 5.92 Å². The largest absolute Gasteiger partial charge is 0.340 e. The van der Waals surface area contributed by atoms with Gasteiger partial charge in [-0.05, 0) is 38.8 Å². The summed E-state index contributed by atoms with van der Waals surface area (Å²) in [5, 5.41) is 3.43. The molecule has 2 aliphatic rings. The van der Waals surface area contributed by atoms with Crippen LogP contribution in [0.25, 0.3) is 0 Å². The number of carbonyl (C=O) groups excluding carboxylic acids is 1. The fraction of sp³-hybridized carbons (Fsp3) is 0.632. The van der Waals surface area contributed by atoms with Gasteiger partial charge in [-0.15, -0.1) is 0 Å². The van der Waals surface area contributed by atoms with Gasteiger partial charge >= 0.3 is 0 Å². The fourth-order valence-electron chi connectivity index (χ4n) is 3.81. The van der Waals surface area contributed by atoms with E-state index in [9.17, 15) is 4.79 Å². The summed E-state index contributed by atoms with van der Waals surface area (Å²) in [4.78, 5) is 17.2. The van der Waals surface area contributed by atoms with E-state index in [0.29, 0.717) is 11.9 Å². The van der Waals surface area contributed by atoms with Crippen molar-refractivity contribution in [3.8, 4) is 0 Å². The van der Waals surface area contributed by atoms with Gasteiger partial charge in [0.2, 0.25) is 5.91 Å². The van der Waals surface area contributed by atoms with Gasteiger partial charge in [0, 0.05) is 44.7 Å². The Balaban J connectivity index is 1.49. The summed E-state index contributed by atoms with van der Waals surface area (Å²) in [6.45, 7) is 10.0. The summed E-state index contributed by atoms with van der Waals surface area (Å²) in [6.07, 6.45) is 1.98. The van der Waals surface area contributed by atoms with E-state index in [0.717, 1.165) is 52.1 Å². The molecule has 3 rings (SSSR count). The number of piperazine rings is 1. The number of hydrogen-bond donors (Lipinski definition) is 1. The number of nitrogens with zero attached hydrogens (tertiary/aromatic N) is 2. The van der Waals surface area contributed by atoms with Crippen LogP contribution in [0, 0.1) is 12.8 Å². The Hall–Kier alpha value is -1.39. The Kier molecular flexibility index (Phi) is 5.34. The minimum atomic E-state index is 0.231. The van der Waals surface area contributed by atoms with Crippen molar-refractivity contribution in [3.63, 3.8) is 0 Å². The summed E-state index contributed by atoms with van der Waals surface area (Å²) in [5.41, 5.74) is 2.69. The highest BCUT2D eigenvalue weighted by atomic mass is 16.2. The topological polar surface area (TPSA) is 35.6 Å². The summed E-state index contributed by atoms with van der Waals surface area (Å²) in [6, 6.07) is 9.19. The van der Waals surface area contributed by atoms with Crippen LogP contribution >= 0.6 is 0 Å². The molecule has 0 aromatic heterocycles. The molecule has 0 bridgehead atoms.